The first-order valence-electron chi connectivity index (χ1n) is 7.26. The van der Waals surface area contributed by atoms with Gasteiger partial charge in [-0.2, -0.15) is 4.98 Å². The Bertz CT molecular complexity index is 430. The molecule has 0 spiro atoms. The van der Waals surface area contributed by atoms with E-state index >= 15 is 0 Å². The minimum atomic E-state index is 0.637. The van der Waals surface area contributed by atoms with Gasteiger partial charge >= 0.3 is 0 Å². The molecular formula is C14H24ClN5. The molecule has 1 N–H and O–H groups in total. The van der Waals surface area contributed by atoms with Crippen LogP contribution in [0.2, 0.25) is 5.02 Å². The van der Waals surface area contributed by atoms with Crippen LogP contribution >= 0.6 is 11.6 Å². The molecule has 0 saturated carbocycles. The summed E-state index contributed by atoms with van der Waals surface area (Å²) in [5.74, 6) is 2.29. The van der Waals surface area contributed by atoms with Gasteiger partial charge in [-0.15, -0.1) is 0 Å². The molecule has 0 aromatic carbocycles. The van der Waals surface area contributed by atoms with Crippen LogP contribution < -0.4 is 10.2 Å². The average molecular weight is 298 g/mol. The number of rotatable bonds is 5. The van der Waals surface area contributed by atoms with Gasteiger partial charge in [-0.3, -0.25) is 0 Å². The number of hydrogen-bond acceptors (Lipinski definition) is 5. The van der Waals surface area contributed by atoms with Crippen molar-refractivity contribution in [3.8, 4) is 0 Å². The Morgan fingerprint density at radius 3 is 2.70 bits per heavy atom. The number of halogens is 1. The summed E-state index contributed by atoms with van der Waals surface area (Å²) in [4.78, 5) is 13.3. The monoisotopic (exact) mass is 297 g/mol. The predicted octanol–water partition coefficient (Wildman–Crippen LogP) is 2.34. The van der Waals surface area contributed by atoms with E-state index in [4.69, 9.17) is 11.6 Å². The van der Waals surface area contributed by atoms with Crippen LogP contribution in [-0.2, 0) is 0 Å². The van der Waals surface area contributed by atoms with Gasteiger partial charge in [-0.25, -0.2) is 4.98 Å². The Labute approximate surface area is 126 Å². The minimum Gasteiger partial charge on any atom is -0.355 e. The maximum atomic E-state index is 6.25. The maximum Gasteiger partial charge on any atom is 0.224 e. The lowest BCUT2D eigenvalue weighted by Crippen LogP contribution is -2.37. The van der Waals surface area contributed by atoms with Crippen molar-refractivity contribution < 1.29 is 0 Å². The van der Waals surface area contributed by atoms with Gasteiger partial charge in [-0.1, -0.05) is 11.6 Å². The van der Waals surface area contributed by atoms with Crippen molar-refractivity contribution in [3.05, 3.63) is 11.2 Å². The molecule has 6 heteroatoms. The summed E-state index contributed by atoms with van der Waals surface area (Å²) in [6.07, 6.45) is 4.07. The van der Waals surface area contributed by atoms with Crippen molar-refractivity contribution in [1.29, 1.82) is 0 Å². The molecule has 1 saturated heterocycles. The van der Waals surface area contributed by atoms with E-state index in [1.807, 2.05) is 6.92 Å². The van der Waals surface area contributed by atoms with Crippen LogP contribution in [0.1, 0.15) is 19.8 Å². The molecule has 1 aromatic heterocycles. The highest BCUT2D eigenvalue weighted by atomic mass is 35.5. The van der Waals surface area contributed by atoms with Gasteiger partial charge in [0.15, 0.2) is 5.82 Å². The summed E-state index contributed by atoms with van der Waals surface area (Å²) in [5, 5.41) is 3.77. The van der Waals surface area contributed by atoms with Crippen LogP contribution in [0, 0.1) is 5.92 Å². The van der Waals surface area contributed by atoms with Crippen molar-refractivity contribution in [1.82, 2.24) is 14.9 Å². The third kappa shape index (κ3) is 3.96. The van der Waals surface area contributed by atoms with Gasteiger partial charge in [0.05, 0.1) is 6.20 Å². The van der Waals surface area contributed by atoms with Crippen molar-refractivity contribution in [2.45, 2.75) is 19.8 Å². The first-order valence-corrected chi connectivity index (χ1v) is 7.64. The van der Waals surface area contributed by atoms with Crippen LogP contribution in [0.25, 0.3) is 0 Å². The number of anilines is 2. The van der Waals surface area contributed by atoms with Gasteiger partial charge < -0.3 is 15.1 Å². The summed E-state index contributed by atoms with van der Waals surface area (Å²) in [5.41, 5.74) is 0. The number of piperidine rings is 1. The first-order chi connectivity index (χ1) is 9.60. The van der Waals surface area contributed by atoms with E-state index < -0.39 is 0 Å². The van der Waals surface area contributed by atoms with Gasteiger partial charge in [0, 0.05) is 26.2 Å². The Kier molecular flexibility index (Phi) is 5.43. The lowest BCUT2D eigenvalue weighted by molar-refractivity contribution is 0.284. The standard InChI is InChI=1S/C14H24ClN5/c1-4-16-14-17-9-12(15)13(18-14)20-7-5-11(6-8-20)10-19(2)3/h9,11H,4-8,10H2,1-3H3,(H,16,17,18). The minimum absolute atomic E-state index is 0.637. The zero-order valence-corrected chi connectivity index (χ0v) is 13.3. The Morgan fingerprint density at radius 2 is 2.10 bits per heavy atom. The van der Waals surface area contributed by atoms with Gasteiger partial charge in [0.2, 0.25) is 5.95 Å². The number of nitrogens with one attached hydrogen (secondary N) is 1. The van der Waals surface area contributed by atoms with E-state index in [2.05, 4.69) is 39.2 Å². The second-order valence-corrected chi connectivity index (χ2v) is 6.00. The lowest BCUT2D eigenvalue weighted by Gasteiger charge is -2.34. The molecule has 20 heavy (non-hydrogen) atoms. The summed E-state index contributed by atoms with van der Waals surface area (Å²) < 4.78 is 0. The third-order valence-corrected chi connectivity index (χ3v) is 3.86. The van der Waals surface area contributed by atoms with Gasteiger partial charge in [0.1, 0.15) is 5.02 Å². The zero-order valence-electron chi connectivity index (χ0n) is 12.6. The number of hydrogen-bond donors (Lipinski definition) is 1. The fourth-order valence-electron chi connectivity index (χ4n) is 2.67. The third-order valence-electron chi connectivity index (χ3n) is 3.60. The largest absolute Gasteiger partial charge is 0.355 e. The highest BCUT2D eigenvalue weighted by Crippen LogP contribution is 2.28. The normalized spacial score (nSPS) is 16.8. The SMILES string of the molecule is CCNc1ncc(Cl)c(N2CCC(CN(C)C)CC2)n1. The van der Waals surface area contributed by atoms with E-state index in [9.17, 15) is 0 Å². The molecule has 5 nitrogen and oxygen atoms in total. The summed E-state index contributed by atoms with van der Waals surface area (Å²) in [7, 11) is 4.27. The predicted molar refractivity (Wildman–Crippen MR) is 84.7 cm³/mol. The first kappa shape index (κ1) is 15.3. The molecular weight excluding hydrogens is 274 g/mol. The molecule has 2 rings (SSSR count). The second kappa shape index (κ2) is 7.09. The molecule has 0 bridgehead atoms. The number of nitrogens with zero attached hydrogens (tertiary/aromatic N) is 4. The molecule has 0 unspecified atom stereocenters. The quantitative estimate of drug-likeness (QED) is 0.904. The second-order valence-electron chi connectivity index (χ2n) is 5.59. The molecule has 1 fully saturated rings. The van der Waals surface area contributed by atoms with Crippen molar-refractivity contribution in [3.63, 3.8) is 0 Å². The van der Waals surface area contributed by atoms with Crippen molar-refractivity contribution >= 4 is 23.4 Å². The van der Waals surface area contributed by atoms with E-state index in [-0.39, 0.29) is 0 Å². The number of aromatic nitrogens is 2. The molecule has 2 heterocycles. The molecule has 0 aliphatic carbocycles. The van der Waals surface area contributed by atoms with Crippen molar-refractivity contribution in [2.75, 3.05) is 50.5 Å². The lowest BCUT2D eigenvalue weighted by atomic mass is 9.96. The van der Waals surface area contributed by atoms with Crippen LogP contribution in [0.5, 0.6) is 0 Å². The van der Waals surface area contributed by atoms with E-state index in [1.54, 1.807) is 6.20 Å². The van der Waals surface area contributed by atoms with Crippen LogP contribution in [0.3, 0.4) is 0 Å². The van der Waals surface area contributed by atoms with Crippen LogP contribution in [0.15, 0.2) is 6.20 Å². The van der Waals surface area contributed by atoms with E-state index in [0.717, 1.165) is 37.9 Å². The van der Waals surface area contributed by atoms with Crippen molar-refractivity contribution in [2.24, 2.45) is 5.92 Å². The molecule has 0 amide bonds. The molecule has 0 radical (unpaired) electrons. The maximum absolute atomic E-state index is 6.25. The zero-order chi connectivity index (χ0) is 14.5. The molecule has 0 atom stereocenters. The Hall–Kier alpha value is -1.07. The van der Waals surface area contributed by atoms with E-state index in [0.29, 0.717) is 11.0 Å². The molecule has 1 aliphatic heterocycles. The van der Waals surface area contributed by atoms with E-state index in [1.165, 1.54) is 12.8 Å². The smallest absolute Gasteiger partial charge is 0.224 e. The Balaban J connectivity index is 2.00. The molecule has 1 aliphatic rings. The van der Waals surface area contributed by atoms with Crippen LogP contribution in [-0.4, -0.2) is 55.1 Å². The average Bonchev–Trinajstić information content (AvgIpc) is 2.42. The highest BCUT2D eigenvalue weighted by molar-refractivity contribution is 6.32. The van der Waals surface area contributed by atoms with Gasteiger partial charge in [-0.05, 0) is 39.8 Å². The fourth-order valence-corrected chi connectivity index (χ4v) is 2.88. The Morgan fingerprint density at radius 1 is 1.40 bits per heavy atom. The molecule has 112 valence electrons. The highest BCUT2D eigenvalue weighted by Gasteiger charge is 2.22. The topological polar surface area (TPSA) is 44.3 Å². The van der Waals surface area contributed by atoms with Crippen LogP contribution in [0.4, 0.5) is 11.8 Å². The molecule has 1 aromatic rings. The fraction of sp³-hybridized carbons (Fsp3) is 0.714. The summed E-state index contributed by atoms with van der Waals surface area (Å²) >= 11 is 6.25. The van der Waals surface area contributed by atoms with Gasteiger partial charge in [0.25, 0.3) is 0 Å². The summed E-state index contributed by atoms with van der Waals surface area (Å²) in [6.45, 7) is 6.03. The summed E-state index contributed by atoms with van der Waals surface area (Å²) in [6, 6.07) is 0.